The number of methoxy groups -OCH3 is 4. The van der Waals surface area contributed by atoms with Gasteiger partial charge in [-0.2, -0.15) is 4.98 Å². The summed E-state index contributed by atoms with van der Waals surface area (Å²) in [6.45, 7) is 0.480. The van der Waals surface area contributed by atoms with E-state index in [0.29, 0.717) is 35.5 Å². The van der Waals surface area contributed by atoms with Gasteiger partial charge in [0.1, 0.15) is 0 Å². The summed E-state index contributed by atoms with van der Waals surface area (Å²) in [6, 6.07) is 3.58. The van der Waals surface area contributed by atoms with E-state index < -0.39 is 0 Å². The van der Waals surface area contributed by atoms with Gasteiger partial charge in [0.15, 0.2) is 11.5 Å². The zero-order valence-corrected chi connectivity index (χ0v) is 14.9. The van der Waals surface area contributed by atoms with Crippen LogP contribution in [0.1, 0.15) is 24.7 Å². The summed E-state index contributed by atoms with van der Waals surface area (Å²) in [4.78, 5) is 4.52. The first-order chi connectivity index (χ1) is 12.1. The lowest BCUT2D eigenvalue weighted by atomic mass is 9.70. The predicted octanol–water partition coefficient (Wildman–Crippen LogP) is 1.98. The highest BCUT2D eigenvalue weighted by Gasteiger charge is 2.46. The number of hydrogen-bond donors (Lipinski definition) is 1. The topological polar surface area (TPSA) is 102 Å². The molecule has 2 aromatic rings. The van der Waals surface area contributed by atoms with E-state index in [0.717, 1.165) is 18.4 Å². The van der Waals surface area contributed by atoms with Crippen LogP contribution in [0.2, 0.25) is 0 Å². The molecule has 1 saturated carbocycles. The second-order valence-corrected chi connectivity index (χ2v) is 6.07. The van der Waals surface area contributed by atoms with E-state index >= 15 is 0 Å². The fourth-order valence-electron chi connectivity index (χ4n) is 3.16. The molecule has 0 aliphatic heterocycles. The van der Waals surface area contributed by atoms with Gasteiger partial charge >= 0.3 is 0 Å². The molecule has 25 heavy (non-hydrogen) atoms. The van der Waals surface area contributed by atoms with E-state index in [1.807, 2.05) is 0 Å². The van der Waals surface area contributed by atoms with Crippen LogP contribution in [-0.2, 0) is 4.74 Å². The molecule has 136 valence electrons. The first kappa shape index (κ1) is 17.5. The van der Waals surface area contributed by atoms with Crippen LogP contribution in [0.25, 0.3) is 11.4 Å². The van der Waals surface area contributed by atoms with E-state index in [1.54, 1.807) is 40.6 Å². The van der Waals surface area contributed by atoms with E-state index in [1.165, 1.54) is 0 Å². The van der Waals surface area contributed by atoms with Gasteiger partial charge in [0.25, 0.3) is 0 Å². The highest BCUT2D eigenvalue weighted by atomic mass is 16.5. The Morgan fingerprint density at radius 2 is 1.76 bits per heavy atom. The molecule has 2 N–H and O–H groups in total. The van der Waals surface area contributed by atoms with E-state index in [9.17, 15) is 0 Å². The third-order valence-corrected chi connectivity index (χ3v) is 4.76. The Hall–Kier alpha value is -2.32. The minimum atomic E-state index is -0.272. The van der Waals surface area contributed by atoms with Crippen molar-refractivity contribution in [2.45, 2.75) is 24.4 Å². The SMILES string of the molecule is COc1cc(-c2noc(C3CC(CN)(OC)C3)n2)cc(OC)c1OC. The average molecular weight is 349 g/mol. The van der Waals surface area contributed by atoms with E-state index in [2.05, 4.69) is 10.1 Å². The highest BCUT2D eigenvalue weighted by molar-refractivity contribution is 5.66. The molecule has 1 fully saturated rings. The first-order valence-electron chi connectivity index (χ1n) is 7.99. The quantitative estimate of drug-likeness (QED) is 0.809. The molecule has 3 rings (SSSR count). The van der Waals surface area contributed by atoms with E-state index in [-0.39, 0.29) is 11.5 Å². The van der Waals surface area contributed by atoms with Crippen molar-refractivity contribution in [3.63, 3.8) is 0 Å². The Balaban J connectivity index is 1.86. The molecule has 1 aromatic carbocycles. The van der Waals surface area contributed by atoms with Crippen LogP contribution in [0.3, 0.4) is 0 Å². The second-order valence-electron chi connectivity index (χ2n) is 6.07. The van der Waals surface area contributed by atoms with Gasteiger partial charge in [-0.25, -0.2) is 0 Å². The smallest absolute Gasteiger partial charge is 0.230 e. The van der Waals surface area contributed by atoms with Gasteiger partial charge in [0.2, 0.25) is 17.5 Å². The molecule has 8 nitrogen and oxygen atoms in total. The fourth-order valence-corrected chi connectivity index (χ4v) is 3.16. The number of hydrogen-bond acceptors (Lipinski definition) is 8. The van der Waals surface area contributed by atoms with Gasteiger partial charge in [-0.15, -0.1) is 0 Å². The van der Waals surface area contributed by atoms with Gasteiger partial charge in [-0.1, -0.05) is 5.16 Å². The number of nitrogens with two attached hydrogens (primary N) is 1. The van der Waals surface area contributed by atoms with Crippen molar-refractivity contribution in [1.29, 1.82) is 0 Å². The van der Waals surface area contributed by atoms with Gasteiger partial charge in [0, 0.05) is 25.1 Å². The minimum Gasteiger partial charge on any atom is -0.493 e. The molecule has 1 heterocycles. The van der Waals surface area contributed by atoms with Crippen molar-refractivity contribution in [3.05, 3.63) is 18.0 Å². The Morgan fingerprint density at radius 3 is 2.24 bits per heavy atom. The third kappa shape index (κ3) is 3.03. The predicted molar refractivity (Wildman–Crippen MR) is 90.2 cm³/mol. The molecular formula is C17H23N3O5. The summed E-state index contributed by atoms with van der Waals surface area (Å²) >= 11 is 0. The van der Waals surface area contributed by atoms with Crippen molar-refractivity contribution < 1.29 is 23.5 Å². The molecule has 1 aliphatic carbocycles. The van der Waals surface area contributed by atoms with Crippen molar-refractivity contribution in [2.24, 2.45) is 5.73 Å². The largest absolute Gasteiger partial charge is 0.493 e. The minimum absolute atomic E-state index is 0.159. The lowest BCUT2D eigenvalue weighted by molar-refractivity contribution is -0.0818. The van der Waals surface area contributed by atoms with Crippen molar-refractivity contribution in [3.8, 4) is 28.6 Å². The van der Waals surface area contributed by atoms with Crippen molar-refractivity contribution >= 4 is 0 Å². The summed E-state index contributed by atoms with van der Waals surface area (Å²) < 4.78 is 27.0. The highest BCUT2D eigenvalue weighted by Crippen LogP contribution is 2.46. The normalized spacial score (nSPS) is 22.4. The lowest BCUT2D eigenvalue weighted by Gasteiger charge is -2.44. The van der Waals surface area contributed by atoms with Gasteiger partial charge in [0.05, 0.1) is 26.9 Å². The Labute approximate surface area is 146 Å². The van der Waals surface area contributed by atoms with Crippen LogP contribution in [0, 0.1) is 0 Å². The maximum atomic E-state index is 5.78. The molecular weight excluding hydrogens is 326 g/mol. The fraction of sp³-hybridized carbons (Fsp3) is 0.529. The summed E-state index contributed by atoms with van der Waals surface area (Å²) in [5.74, 6) is 2.81. The Kier molecular flexibility index (Phi) is 4.82. The van der Waals surface area contributed by atoms with Crippen LogP contribution in [-0.4, -0.2) is 50.7 Å². The number of ether oxygens (including phenoxy) is 4. The van der Waals surface area contributed by atoms with Gasteiger partial charge in [-0.3, -0.25) is 0 Å². The maximum Gasteiger partial charge on any atom is 0.230 e. The number of nitrogens with zero attached hydrogens (tertiary/aromatic N) is 2. The van der Waals surface area contributed by atoms with Crippen LogP contribution in [0.5, 0.6) is 17.2 Å². The molecule has 0 atom stereocenters. The summed E-state index contributed by atoms with van der Waals surface area (Å²) in [5, 5.41) is 4.08. The first-order valence-corrected chi connectivity index (χ1v) is 7.99. The molecule has 0 amide bonds. The monoisotopic (exact) mass is 349 g/mol. The van der Waals surface area contributed by atoms with Crippen LogP contribution < -0.4 is 19.9 Å². The zero-order chi connectivity index (χ0) is 18.0. The average Bonchev–Trinajstić information content (AvgIpc) is 3.10. The number of aromatic nitrogens is 2. The van der Waals surface area contributed by atoms with Crippen LogP contribution >= 0.6 is 0 Å². The molecule has 1 aliphatic rings. The summed E-state index contributed by atoms with van der Waals surface area (Å²) in [5.41, 5.74) is 6.23. The Morgan fingerprint density at radius 1 is 1.12 bits per heavy atom. The number of rotatable bonds is 7. The standard InChI is InChI=1S/C17H23N3O5/c1-21-12-5-10(6-13(22-2)14(12)23-3)15-19-16(25-20-15)11-7-17(8-11,9-18)24-4/h5-6,11H,7-9,18H2,1-4H3. The maximum absolute atomic E-state index is 5.78. The zero-order valence-electron chi connectivity index (χ0n) is 14.9. The number of benzene rings is 1. The molecule has 0 bridgehead atoms. The van der Waals surface area contributed by atoms with Gasteiger partial charge < -0.3 is 29.2 Å². The van der Waals surface area contributed by atoms with Crippen molar-refractivity contribution in [2.75, 3.05) is 35.0 Å². The van der Waals surface area contributed by atoms with Crippen LogP contribution in [0.4, 0.5) is 0 Å². The van der Waals surface area contributed by atoms with Crippen LogP contribution in [0.15, 0.2) is 16.7 Å². The van der Waals surface area contributed by atoms with Gasteiger partial charge in [-0.05, 0) is 25.0 Å². The molecule has 0 unspecified atom stereocenters. The molecule has 1 aromatic heterocycles. The summed E-state index contributed by atoms with van der Waals surface area (Å²) in [7, 11) is 6.36. The molecule has 0 spiro atoms. The lowest BCUT2D eigenvalue weighted by Crippen LogP contribution is -2.50. The molecule has 0 saturated heterocycles. The van der Waals surface area contributed by atoms with E-state index in [4.69, 9.17) is 29.2 Å². The van der Waals surface area contributed by atoms with Crippen molar-refractivity contribution in [1.82, 2.24) is 10.1 Å². The molecule has 8 heteroatoms. The Bertz CT molecular complexity index is 709. The summed E-state index contributed by atoms with van der Waals surface area (Å²) in [6.07, 6.45) is 1.55. The molecule has 0 radical (unpaired) electrons. The third-order valence-electron chi connectivity index (χ3n) is 4.76. The second kappa shape index (κ2) is 6.89.